The van der Waals surface area contributed by atoms with Crippen LogP contribution < -0.4 is 4.72 Å². The molecule has 0 spiro atoms. The molecule has 2 aromatic carbocycles. The highest BCUT2D eigenvalue weighted by atomic mass is 32.2. The molecule has 0 fully saturated rings. The van der Waals surface area contributed by atoms with Crippen LogP contribution in [-0.4, -0.2) is 26.9 Å². The Morgan fingerprint density at radius 2 is 1.68 bits per heavy atom. The molecular weight excluding hydrogens is 378 g/mol. The molecule has 0 radical (unpaired) electrons. The average Bonchev–Trinajstić information content (AvgIpc) is 2.66. The van der Waals surface area contributed by atoms with Crippen molar-refractivity contribution in [3.05, 3.63) is 83.4 Å². The first kappa shape index (κ1) is 21.1. The summed E-state index contributed by atoms with van der Waals surface area (Å²) in [5.74, 6) is -1.67. The number of esters is 1. The van der Waals surface area contributed by atoms with Crippen LogP contribution in [0.3, 0.4) is 0 Å². The number of benzene rings is 2. The standard InChI is InChI=1S/C21H21NO5S/c1-3-27-21(24)18(12-11-17-7-5-4-6-8-17)15-20(23)22-28(25,26)19-13-9-16(2)10-14-19/h4-15H,3H2,1-2H3,(H,22,23)/b12-11+,18-15-. The first-order chi connectivity index (χ1) is 13.3. The Bertz CT molecular complexity index is 991. The van der Waals surface area contributed by atoms with Gasteiger partial charge in [-0.3, -0.25) is 4.79 Å². The molecule has 6 nitrogen and oxygen atoms in total. The molecule has 0 aliphatic rings. The van der Waals surface area contributed by atoms with E-state index in [1.807, 2.05) is 42.0 Å². The van der Waals surface area contributed by atoms with Crippen LogP contribution in [0.1, 0.15) is 18.1 Å². The van der Waals surface area contributed by atoms with Gasteiger partial charge in [-0.15, -0.1) is 0 Å². The van der Waals surface area contributed by atoms with Crippen LogP contribution >= 0.6 is 0 Å². The summed E-state index contributed by atoms with van der Waals surface area (Å²) in [6, 6.07) is 15.2. The number of hydrogen-bond acceptors (Lipinski definition) is 5. The van der Waals surface area contributed by atoms with Gasteiger partial charge in [-0.05, 0) is 37.6 Å². The van der Waals surface area contributed by atoms with Gasteiger partial charge < -0.3 is 4.74 Å². The number of carbonyl (C=O) groups is 2. The minimum atomic E-state index is -4.05. The third-order valence-electron chi connectivity index (χ3n) is 3.62. The smallest absolute Gasteiger partial charge is 0.338 e. The number of hydrogen-bond donors (Lipinski definition) is 1. The second-order valence-corrected chi connectivity index (χ2v) is 7.53. The average molecular weight is 399 g/mol. The topological polar surface area (TPSA) is 89.5 Å². The third kappa shape index (κ3) is 6.21. The summed E-state index contributed by atoms with van der Waals surface area (Å²) in [4.78, 5) is 24.3. The van der Waals surface area contributed by atoms with Gasteiger partial charge in [0.25, 0.3) is 15.9 Å². The van der Waals surface area contributed by atoms with Crippen LogP contribution in [0.5, 0.6) is 0 Å². The number of ether oxygens (including phenoxy) is 1. The molecule has 0 saturated heterocycles. The molecule has 0 heterocycles. The summed E-state index contributed by atoms with van der Waals surface area (Å²) in [6.45, 7) is 3.58. The normalized spacial score (nSPS) is 12.0. The molecule has 0 saturated carbocycles. The van der Waals surface area contributed by atoms with Gasteiger partial charge in [0.15, 0.2) is 0 Å². The van der Waals surface area contributed by atoms with Gasteiger partial charge in [0, 0.05) is 6.08 Å². The number of nitrogens with one attached hydrogen (secondary N) is 1. The maximum atomic E-state index is 12.3. The second-order valence-electron chi connectivity index (χ2n) is 5.85. The monoisotopic (exact) mass is 399 g/mol. The Balaban J connectivity index is 2.24. The number of sulfonamides is 1. The molecular formula is C21H21NO5S. The van der Waals surface area contributed by atoms with E-state index in [1.54, 1.807) is 25.1 Å². The Morgan fingerprint density at radius 1 is 1.04 bits per heavy atom. The van der Waals surface area contributed by atoms with Gasteiger partial charge in [0.1, 0.15) is 0 Å². The number of amides is 1. The van der Waals surface area contributed by atoms with E-state index in [9.17, 15) is 18.0 Å². The molecule has 1 amide bonds. The first-order valence-electron chi connectivity index (χ1n) is 8.57. The predicted molar refractivity (Wildman–Crippen MR) is 107 cm³/mol. The molecule has 0 unspecified atom stereocenters. The van der Waals surface area contributed by atoms with E-state index >= 15 is 0 Å². The maximum absolute atomic E-state index is 12.3. The van der Waals surface area contributed by atoms with Crippen molar-refractivity contribution in [1.29, 1.82) is 0 Å². The lowest BCUT2D eigenvalue weighted by atomic mass is 10.1. The van der Waals surface area contributed by atoms with Gasteiger partial charge >= 0.3 is 5.97 Å². The van der Waals surface area contributed by atoms with Gasteiger partial charge in [-0.2, -0.15) is 0 Å². The zero-order chi connectivity index (χ0) is 20.6. The zero-order valence-electron chi connectivity index (χ0n) is 15.6. The van der Waals surface area contributed by atoms with E-state index in [-0.39, 0.29) is 17.1 Å². The maximum Gasteiger partial charge on any atom is 0.338 e. The van der Waals surface area contributed by atoms with Crippen LogP contribution in [-0.2, 0) is 24.3 Å². The van der Waals surface area contributed by atoms with Crippen LogP contribution in [0.15, 0.2) is 77.2 Å². The minimum Gasteiger partial charge on any atom is -0.462 e. The third-order valence-corrected chi connectivity index (χ3v) is 4.98. The molecule has 146 valence electrons. The van der Waals surface area contributed by atoms with Gasteiger partial charge in [-0.25, -0.2) is 17.9 Å². The summed E-state index contributed by atoms with van der Waals surface area (Å²) in [6.07, 6.45) is 3.94. The van der Waals surface area contributed by atoms with Gasteiger partial charge in [-0.1, -0.05) is 54.1 Å². The fourth-order valence-corrected chi connectivity index (χ4v) is 3.16. The highest BCUT2D eigenvalue weighted by Gasteiger charge is 2.18. The van der Waals surface area contributed by atoms with Crippen molar-refractivity contribution < 1.29 is 22.7 Å². The second kappa shape index (κ2) is 9.66. The zero-order valence-corrected chi connectivity index (χ0v) is 16.4. The SMILES string of the molecule is CCOC(=O)C(=C\C(=O)NS(=O)(=O)c1ccc(C)cc1)/C=C/c1ccccc1. The summed E-state index contributed by atoms with van der Waals surface area (Å²) >= 11 is 0. The molecule has 0 bridgehead atoms. The molecule has 0 aromatic heterocycles. The Kier molecular flexibility index (Phi) is 7.28. The van der Waals surface area contributed by atoms with E-state index in [0.29, 0.717) is 0 Å². The number of aryl methyl sites for hydroxylation is 1. The fraction of sp³-hybridized carbons (Fsp3) is 0.143. The molecule has 0 atom stereocenters. The lowest BCUT2D eigenvalue weighted by molar-refractivity contribution is -0.138. The minimum absolute atomic E-state index is 0.0441. The molecule has 28 heavy (non-hydrogen) atoms. The molecule has 0 aliphatic carbocycles. The lowest BCUT2D eigenvalue weighted by Gasteiger charge is -2.06. The van der Waals surface area contributed by atoms with E-state index in [0.717, 1.165) is 17.2 Å². The van der Waals surface area contributed by atoms with E-state index < -0.39 is 21.9 Å². The lowest BCUT2D eigenvalue weighted by Crippen LogP contribution is -2.29. The van der Waals surface area contributed by atoms with Crippen molar-refractivity contribution >= 4 is 28.0 Å². The Morgan fingerprint density at radius 3 is 2.29 bits per heavy atom. The summed E-state index contributed by atoms with van der Waals surface area (Å²) in [5.41, 5.74) is 1.63. The van der Waals surface area contributed by atoms with Crippen molar-refractivity contribution in [2.45, 2.75) is 18.7 Å². The van der Waals surface area contributed by atoms with E-state index in [4.69, 9.17) is 4.74 Å². The highest BCUT2D eigenvalue weighted by molar-refractivity contribution is 7.90. The quantitative estimate of drug-likeness (QED) is 0.439. The van der Waals surface area contributed by atoms with Gasteiger partial charge in [0.05, 0.1) is 17.1 Å². The van der Waals surface area contributed by atoms with Crippen LogP contribution in [0, 0.1) is 6.92 Å². The van der Waals surface area contributed by atoms with Crippen molar-refractivity contribution in [1.82, 2.24) is 4.72 Å². The summed E-state index contributed by atoms with van der Waals surface area (Å²) in [7, 11) is -4.05. The Labute approximate surface area is 164 Å². The predicted octanol–water partition coefficient (Wildman–Crippen LogP) is 3.00. The first-order valence-corrected chi connectivity index (χ1v) is 10.1. The van der Waals surface area contributed by atoms with Crippen molar-refractivity contribution in [2.75, 3.05) is 6.61 Å². The number of carbonyl (C=O) groups excluding carboxylic acids is 2. The molecule has 1 N–H and O–H groups in total. The molecule has 2 aromatic rings. The van der Waals surface area contributed by atoms with Crippen LogP contribution in [0.4, 0.5) is 0 Å². The van der Waals surface area contributed by atoms with Crippen LogP contribution in [0.2, 0.25) is 0 Å². The molecule has 7 heteroatoms. The fourth-order valence-electron chi connectivity index (χ4n) is 2.22. The largest absolute Gasteiger partial charge is 0.462 e. The molecule has 2 rings (SSSR count). The van der Waals surface area contributed by atoms with Crippen LogP contribution in [0.25, 0.3) is 6.08 Å². The number of rotatable bonds is 7. The van der Waals surface area contributed by atoms with Gasteiger partial charge in [0.2, 0.25) is 0 Å². The molecule has 0 aliphatic heterocycles. The van der Waals surface area contributed by atoms with E-state index in [1.165, 1.54) is 18.2 Å². The van der Waals surface area contributed by atoms with Crippen molar-refractivity contribution in [3.8, 4) is 0 Å². The summed E-state index contributed by atoms with van der Waals surface area (Å²) in [5, 5.41) is 0. The summed E-state index contributed by atoms with van der Waals surface area (Å²) < 4.78 is 31.5. The van der Waals surface area contributed by atoms with Crippen molar-refractivity contribution in [3.63, 3.8) is 0 Å². The highest BCUT2D eigenvalue weighted by Crippen LogP contribution is 2.11. The van der Waals surface area contributed by atoms with E-state index in [2.05, 4.69) is 0 Å². The van der Waals surface area contributed by atoms with Crippen molar-refractivity contribution in [2.24, 2.45) is 0 Å². The Hall–Kier alpha value is -3.19.